The van der Waals surface area contributed by atoms with Crippen molar-refractivity contribution in [2.45, 2.75) is 4.34 Å². The molecule has 0 aliphatic carbocycles. The van der Waals surface area contributed by atoms with Crippen LogP contribution < -0.4 is 5.32 Å². The number of nitro groups is 1. The van der Waals surface area contributed by atoms with Crippen molar-refractivity contribution in [3.05, 3.63) is 46.0 Å². The van der Waals surface area contributed by atoms with Gasteiger partial charge in [0, 0.05) is 18.2 Å². The summed E-state index contributed by atoms with van der Waals surface area (Å²) < 4.78 is 5.03. The predicted octanol–water partition coefficient (Wildman–Crippen LogP) is 2.36. The van der Waals surface area contributed by atoms with Crippen molar-refractivity contribution in [2.75, 3.05) is 18.2 Å². The van der Waals surface area contributed by atoms with Crippen LogP contribution in [0.15, 0.2) is 34.7 Å². The molecule has 0 unspecified atom stereocenters. The number of anilines is 1. The lowest BCUT2D eigenvalue weighted by Crippen LogP contribution is -2.07. The number of thioether (sulfide) groups is 1. The van der Waals surface area contributed by atoms with E-state index in [0.29, 0.717) is 9.90 Å². The first-order valence-corrected chi connectivity index (χ1v) is 8.55. The third-order valence-electron chi connectivity index (χ3n) is 2.69. The number of carbonyl (C=O) groups is 2. The van der Waals surface area contributed by atoms with Crippen molar-refractivity contribution in [3.8, 4) is 0 Å². The summed E-state index contributed by atoms with van der Waals surface area (Å²) in [6, 6.07) is 5.90. The molecule has 0 spiro atoms. The molecule has 0 saturated carbocycles. The number of nitrogens with zero attached hydrogens (tertiary/aromatic N) is 3. The van der Waals surface area contributed by atoms with Crippen molar-refractivity contribution in [1.82, 2.24) is 10.2 Å². The van der Waals surface area contributed by atoms with Gasteiger partial charge < -0.3 is 4.74 Å². The van der Waals surface area contributed by atoms with Crippen LogP contribution in [0.25, 0.3) is 6.08 Å². The monoisotopic (exact) mass is 380 g/mol. The highest BCUT2D eigenvalue weighted by Crippen LogP contribution is 2.25. The molecule has 25 heavy (non-hydrogen) atoms. The number of nitro benzene ring substituents is 1. The molecule has 130 valence electrons. The smallest absolute Gasteiger partial charge is 0.316 e. The summed E-state index contributed by atoms with van der Waals surface area (Å²) in [7, 11) is 1.29. The number of hydrogen-bond donors (Lipinski definition) is 1. The summed E-state index contributed by atoms with van der Waals surface area (Å²) in [5, 5.41) is 21.1. The van der Waals surface area contributed by atoms with E-state index in [1.165, 1.54) is 37.5 Å². The van der Waals surface area contributed by atoms with Crippen LogP contribution in [0.5, 0.6) is 0 Å². The number of ether oxygens (including phenoxy) is 1. The molecule has 1 aromatic carbocycles. The average Bonchev–Trinajstić information content (AvgIpc) is 3.05. The fraction of sp³-hybridized carbons (Fsp3) is 0.143. The molecule has 2 rings (SSSR count). The van der Waals surface area contributed by atoms with E-state index in [1.807, 2.05) is 0 Å². The van der Waals surface area contributed by atoms with E-state index in [0.717, 1.165) is 23.1 Å². The van der Waals surface area contributed by atoms with Crippen LogP contribution in [0.1, 0.15) is 5.56 Å². The normalized spacial score (nSPS) is 10.6. The van der Waals surface area contributed by atoms with E-state index in [4.69, 9.17) is 0 Å². The van der Waals surface area contributed by atoms with Crippen LogP contribution in [0, 0.1) is 10.1 Å². The lowest BCUT2D eigenvalue weighted by Gasteiger charge is -1.96. The minimum atomic E-state index is -0.508. The molecular formula is C14H12N4O5S2. The van der Waals surface area contributed by atoms with E-state index in [-0.39, 0.29) is 22.5 Å². The highest BCUT2D eigenvalue weighted by molar-refractivity contribution is 8.01. The highest BCUT2D eigenvalue weighted by Gasteiger charge is 2.09. The van der Waals surface area contributed by atoms with Gasteiger partial charge in [-0.15, -0.1) is 10.2 Å². The maximum absolute atomic E-state index is 11.9. The van der Waals surface area contributed by atoms with Crippen LogP contribution >= 0.6 is 23.1 Å². The number of non-ortho nitro benzene ring substituents is 1. The molecule has 11 heteroatoms. The van der Waals surface area contributed by atoms with E-state index >= 15 is 0 Å². The zero-order valence-electron chi connectivity index (χ0n) is 12.9. The van der Waals surface area contributed by atoms with Gasteiger partial charge in [0.05, 0.1) is 17.8 Å². The molecular weight excluding hydrogens is 368 g/mol. The summed E-state index contributed by atoms with van der Waals surface area (Å²) in [5.74, 6) is -0.732. The maximum Gasteiger partial charge on any atom is 0.316 e. The van der Waals surface area contributed by atoms with Gasteiger partial charge in [-0.3, -0.25) is 25.0 Å². The van der Waals surface area contributed by atoms with Crippen molar-refractivity contribution in [3.63, 3.8) is 0 Å². The standard InChI is InChI=1S/C14H12N4O5S2/c1-23-12(20)8-24-14-17-16-13(25-14)15-11(19)6-5-9-3-2-4-10(7-9)18(21)22/h2-7H,8H2,1H3,(H,15,16,19)/b6-5+. The lowest BCUT2D eigenvalue weighted by molar-refractivity contribution is -0.384. The minimum Gasteiger partial charge on any atom is -0.468 e. The second-order valence-electron chi connectivity index (χ2n) is 4.41. The summed E-state index contributed by atoms with van der Waals surface area (Å²) in [4.78, 5) is 33.1. The molecule has 1 N–H and O–H groups in total. The molecule has 0 fully saturated rings. The van der Waals surface area contributed by atoms with Gasteiger partial charge in [0.15, 0.2) is 4.34 Å². The van der Waals surface area contributed by atoms with Crippen molar-refractivity contribution in [2.24, 2.45) is 0 Å². The topological polar surface area (TPSA) is 124 Å². The Hall–Kier alpha value is -2.79. The molecule has 0 atom stereocenters. The molecule has 9 nitrogen and oxygen atoms in total. The molecule has 2 aromatic rings. The van der Waals surface area contributed by atoms with E-state index in [1.54, 1.807) is 6.07 Å². The predicted molar refractivity (Wildman–Crippen MR) is 93.4 cm³/mol. The van der Waals surface area contributed by atoms with Crippen molar-refractivity contribution < 1.29 is 19.2 Å². The first kappa shape index (κ1) is 18.5. The van der Waals surface area contributed by atoms with Crippen LogP contribution in [-0.4, -0.2) is 39.9 Å². The Labute approximate surface area is 150 Å². The van der Waals surface area contributed by atoms with Crippen molar-refractivity contribution in [1.29, 1.82) is 0 Å². The number of esters is 1. The van der Waals surface area contributed by atoms with Crippen LogP contribution in [0.3, 0.4) is 0 Å². The zero-order chi connectivity index (χ0) is 18.2. The van der Waals surface area contributed by atoms with E-state index in [2.05, 4.69) is 20.3 Å². The molecule has 0 aliphatic rings. The molecule has 0 aliphatic heterocycles. The minimum absolute atomic E-state index is 0.0565. The Balaban J connectivity index is 1.92. The fourth-order valence-corrected chi connectivity index (χ4v) is 3.15. The van der Waals surface area contributed by atoms with Gasteiger partial charge in [-0.2, -0.15) is 0 Å². The molecule has 1 aromatic heterocycles. The Morgan fingerprint density at radius 3 is 2.96 bits per heavy atom. The van der Waals surface area contributed by atoms with E-state index < -0.39 is 10.8 Å². The fourth-order valence-electron chi connectivity index (χ4n) is 1.56. The van der Waals surface area contributed by atoms with Crippen LogP contribution in [-0.2, 0) is 14.3 Å². The Morgan fingerprint density at radius 2 is 2.24 bits per heavy atom. The van der Waals surface area contributed by atoms with Gasteiger partial charge in [-0.25, -0.2) is 0 Å². The summed E-state index contributed by atoms with van der Waals surface area (Å²) in [6.45, 7) is 0. The number of methoxy groups -OCH3 is 1. The number of benzene rings is 1. The second-order valence-corrected chi connectivity index (χ2v) is 6.61. The van der Waals surface area contributed by atoms with Gasteiger partial charge in [-0.05, 0) is 11.6 Å². The van der Waals surface area contributed by atoms with Crippen molar-refractivity contribution >= 4 is 51.9 Å². The number of amides is 1. The molecule has 1 amide bonds. The highest BCUT2D eigenvalue weighted by atomic mass is 32.2. The maximum atomic E-state index is 11.9. The average molecular weight is 380 g/mol. The first-order valence-electron chi connectivity index (χ1n) is 6.74. The first-order chi connectivity index (χ1) is 12.0. The number of hydrogen-bond acceptors (Lipinski definition) is 9. The summed E-state index contributed by atoms with van der Waals surface area (Å²) in [6.07, 6.45) is 2.69. The molecule has 0 saturated heterocycles. The largest absolute Gasteiger partial charge is 0.468 e. The Morgan fingerprint density at radius 1 is 1.44 bits per heavy atom. The second kappa shape index (κ2) is 8.89. The van der Waals surface area contributed by atoms with Crippen LogP contribution in [0.4, 0.5) is 10.8 Å². The van der Waals surface area contributed by atoms with E-state index in [9.17, 15) is 19.7 Å². The van der Waals surface area contributed by atoms with Crippen LogP contribution in [0.2, 0.25) is 0 Å². The Kier molecular flexibility index (Phi) is 6.60. The Bertz CT molecular complexity index is 821. The van der Waals surface area contributed by atoms with Gasteiger partial charge in [0.1, 0.15) is 0 Å². The van der Waals surface area contributed by atoms with Gasteiger partial charge in [0.2, 0.25) is 11.0 Å². The lowest BCUT2D eigenvalue weighted by atomic mass is 10.2. The van der Waals surface area contributed by atoms with Gasteiger partial charge in [-0.1, -0.05) is 35.2 Å². The molecule has 0 radical (unpaired) electrons. The molecule has 0 bridgehead atoms. The van der Waals surface area contributed by atoms with Gasteiger partial charge >= 0.3 is 5.97 Å². The molecule has 1 heterocycles. The third kappa shape index (κ3) is 5.97. The van der Waals surface area contributed by atoms with Gasteiger partial charge in [0.25, 0.3) is 5.69 Å². The number of carbonyl (C=O) groups excluding carboxylic acids is 2. The number of rotatable bonds is 7. The number of nitrogens with one attached hydrogen (secondary N) is 1. The summed E-state index contributed by atoms with van der Waals surface area (Å²) in [5.41, 5.74) is 0.467. The SMILES string of the molecule is COC(=O)CSc1nnc(NC(=O)/C=C/c2cccc([N+](=O)[O-])c2)s1. The quantitative estimate of drug-likeness (QED) is 0.194. The third-order valence-corrected chi connectivity index (χ3v) is 4.63. The summed E-state index contributed by atoms with van der Waals surface area (Å²) >= 11 is 2.27. The zero-order valence-corrected chi connectivity index (χ0v) is 14.5. The number of aromatic nitrogens is 2.